The van der Waals surface area contributed by atoms with Crippen molar-refractivity contribution < 1.29 is 0 Å². The molecule has 0 spiro atoms. The van der Waals surface area contributed by atoms with Crippen molar-refractivity contribution in [3.05, 3.63) is 41.0 Å². The summed E-state index contributed by atoms with van der Waals surface area (Å²) >= 11 is 0. The Hall–Kier alpha value is -1.08. The van der Waals surface area contributed by atoms with Gasteiger partial charge in [0.25, 0.3) is 0 Å². The number of hydrogen-bond donors (Lipinski definition) is 1. The summed E-state index contributed by atoms with van der Waals surface area (Å²) in [5.74, 6) is 0. The lowest BCUT2D eigenvalue weighted by atomic mass is 9.82. The number of rotatable bonds is 1. The second kappa shape index (κ2) is 2.96. The van der Waals surface area contributed by atoms with Crippen LogP contribution in [0.5, 0.6) is 0 Å². The molecular formula is C13H17N. The molecule has 2 rings (SSSR count). The average molecular weight is 187 g/mol. The zero-order valence-electron chi connectivity index (χ0n) is 9.09. The molecule has 2 N–H and O–H groups in total. The molecule has 1 aromatic carbocycles. The van der Waals surface area contributed by atoms with Gasteiger partial charge in [-0.15, -0.1) is 0 Å². The van der Waals surface area contributed by atoms with E-state index in [2.05, 4.69) is 45.0 Å². The molecule has 0 heterocycles. The van der Waals surface area contributed by atoms with Crippen LogP contribution in [-0.4, -0.2) is 6.54 Å². The van der Waals surface area contributed by atoms with E-state index in [-0.39, 0.29) is 5.41 Å². The summed E-state index contributed by atoms with van der Waals surface area (Å²) in [6, 6.07) is 8.58. The fraction of sp³-hybridized carbons (Fsp3) is 0.385. The quantitative estimate of drug-likeness (QED) is 0.718. The molecule has 14 heavy (non-hydrogen) atoms. The van der Waals surface area contributed by atoms with Crippen molar-refractivity contribution >= 4 is 5.57 Å². The number of nitrogens with two attached hydrogens (primary N) is 1. The summed E-state index contributed by atoms with van der Waals surface area (Å²) in [6.45, 7) is 7.38. The largest absolute Gasteiger partial charge is 0.326 e. The van der Waals surface area contributed by atoms with Gasteiger partial charge in [-0.1, -0.05) is 43.7 Å². The molecule has 0 atom stereocenters. The molecule has 0 saturated heterocycles. The van der Waals surface area contributed by atoms with E-state index in [0.29, 0.717) is 6.54 Å². The molecule has 0 aromatic heterocycles. The number of hydrogen-bond acceptors (Lipinski definition) is 1. The first kappa shape index (κ1) is 9.47. The summed E-state index contributed by atoms with van der Waals surface area (Å²) in [4.78, 5) is 0. The molecule has 1 aliphatic carbocycles. The Morgan fingerprint density at radius 1 is 1.21 bits per heavy atom. The van der Waals surface area contributed by atoms with Crippen molar-refractivity contribution in [3.8, 4) is 0 Å². The van der Waals surface area contributed by atoms with Gasteiger partial charge in [0, 0.05) is 12.0 Å². The minimum atomic E-state index is 0.158. The van der Waals surface area contributed by atoms with Gasteiger partial charge in [-0.05, 0) is 23.6 Å². The maximum Gasteiger partial charge on any atom is 0.0183 e. The van der Waals surface area contributed by atoms with Gasteiger partial charge in [0.2, 0.25) is 0 Å². The van der Waals surface area contributed by atoms with Crippen LogP contribution in [0.3, 0.4) is 0 Å². The summed E-state index contributed by atoms with van der Waals surface area (Å²) in [5.41, 5.74) is 11.5. The predicted octanol–water partition coefficient (Wildman–Crippen LogP) is 2.71. The van der Waals surface area contributed by atoms with Crippen LogP contribution in [0, 0.1) is 0 Å². The van der Waals surface area contributed by atoms with E-state index in [1.165, 1.54) is 22.3 Å². The van der Waals surface area contributed by atoms with Gasteiger partial charge < -0.3 is 5.73 Å². The number of fused-ring (bicyclic) bond motifs is 1. The van der Waals surface area contributed by atoms with Crippen molar-refractivity contribution in [2.45, 2.75) is 26.2 Å². The Labute approximate surface area is 85.6 Å². The van der Waals surface area contributed by atoms with Crippen LogP contribution in [0.2, 0.25) is 0 Å². The average Bonchev–Trinajstić information content (AvgIpc) is 2.37. The van der Waals surface area contributed by atoms with Crippen LogP contribution in [0.25, 0.3) is 5.57 Å². The van der Waals surface area contributed by atoms with Crippen molar-refractivity contribution in [1.82, 2.24) is 0 Å². The minimum absolute atomic E-state index is 0.158. The van der Waals surface area contributed by atoms with E-state index >= 15 is 0 Å². The van der Waals surface area contributed by atoms with E-state index < -0.39 is 0 Å². The van der Waals surface area contributed by atoms with Crippen LogP contribution in [0.1, 0.15) is 31.9 Å². The third-order valence-corrected chi connectivity index (χ3v) is 3.52. The molecule has 1 nitrogen and oxygen atoms in total. The van der Waals surface area contributed by atoms with Gasteiger partial charge >= 0.3 is 0 Å². The molecule has 0 saturated carbocycles. The summed E-state index contributed by atoms with van der Waals surface area (Å²) in [5, 5.41) is 0. The molecule has 74 valence electrons. The number of allylic oxidation sites excluding steroid dienone is 1. The highest BCUT2D eigenvalue weighted by Crippen LogP contribution is 2.45. The SMILES string of the molecule is CC1=C(CN)c2ccccc2C1(C)C. The lowest BCUT2D eigenvalue weighted by Crippen LogP contribution is -2.15. The standard InChI is InChI=1S/C13H17N/c1-9-11(8-14)10-6-4-5-7-12(10)13(9,2)3/h4-7H,8,14H2,1-3H3. The number of benzene rings is 1. The highest BCUT2D eigenvalue weighted by molar-refractivity contribution is 5.80. The first-order valence-electron chi connectivity index (χ1n) is 5.09. The molecule has 1 aromatic rings. The fourth-order valence-corrected chi connectivity index (χ4v) is 2.34. The lowest BCUT2D eigenvalue weighted by Gasteiger charge is -2.22. The smallest absolute Gasteiger partial charge is 0.0183 e. The summed E-state index contributed by atoms with van der Waals surface area (Å²) < 4.78 is 0. The third kappa shape index (κ3) is 1.05. The van der Waals surface area contributed by atoms with Crippen LogP contribution in [0.15, 0.2) is 29.8 Å². The van der Waals surface area contributed by atoms with E-state index in [0.717, 1.165) is 0 Å². The molecule has 0 amide bonds. The van der Waals surface area contributed by atoms with Gasteiger partial charge in [-0.3, -0.25) is 0 Å². The second-order valence-corrected chi connectivity index (χ2v) is 4.48. The highest BCUT2D eigenvalue weighted by Gasteiger charge is 2.33. The Kier molecular flexibility index (Phi) is 2.00. The normalized spacial score (nSPS) is 18.6. The maximum atomic E-state index is 5.80. The van der Waals surface area contributed by atoms with Crippen molar-refractivity contribution in [2.24, 2.45) is 5.73 Å². The maximum absolute atomic E-state index is 5.80. The molecule has 0 fully saturated rings. The van der Waals surface area contributed by atoms with Gasteiger partial charge in [-0.25, -0.2) is 0 Å². The monoisotopic (exact) mass is 187 g/mol. The Morgan fingerprint density at radius 2 is 1.86 bits per heavy atom. The minimum Gasteiger partial charge on any atom is -0.326 e. The lowest BCUT2D eigenvalue weighted by molar-refractivity contribution is 0.638. The van der Waals surface area contributed by atoms with E-state index in [9.17, 15) is 0 Å². The van der Waals surface area contributed by atoms with E-state index in [1.807, 2.05) is 0 Å². The van der Waals surface area contributed by atoms with Crippen LogP contribution in [0.4, 0.5) is 0 Å². The molecule has 0 radical (unpaired) electrons. The Morgan fingerprint density at radius 3 is 2.50 bits per heavy atom. The second-order valence-electron chi connectivity index (χ2n) is 4.48. The molecule has 1 heteroatoms. The zero-order valence-corrected chi connectivity index (χ0v) is 9.09. The Balaban J connectivity index is 2.70. The first-order chi connectivity index (χ1) is 6.59. The van der Waals surface area contributed by atoms with Gasteiger partial charge in [0.1, 0.15) is 0 Å². The zero-order chi connectivity index (χ0) is 10.3. The van der Waals surface area contributed by atoms with Gasteiger partial charge in [-0.2, -0.15) is 0 Å². The van der Waals surface area contributed by atoms with Crippen LogP contribution >= 0.6 is 0 Å². The Bertz CT molecular complexity index is 399. The molecule has 0 bridgehead atoms. The van der Waals surface area contributed by atoms with E-state index in [1.54, 1.807) is 0 Å². The van der Waals surface area contributed by atoms with Crippen molar-refractivity contribution in [2.75, 3.05) is 6.54 Å². The summed E-state index contributed by atoms with van der Waals surface area (Å²) in [7, 11) is 0. The third-order valence-electron chi connectivity index (χ3n) is 3.52. The summed E-state index contributed by atoms with van der Waals surface area (Å²) in [6.07, 6.45) is 0. The van der Waals surface area contributed by atoms with Gasteiger partial charge in [0.05, 0.1) is 0 Å². The first-order valence-corrected chi connectivity index (χ1v) is 5.09. The van der Waals surface area contributed by atoms with Crippen molar-refractivity contribution in [1.29, 1.82) is 0 Å². The van der Waals surface area contributed by atoms with Crippen LogP contribution in [-0.2, 0) is 5.41 Å². The topological polar surface area (TPSA) is 26.0 Å². The van der Waals surface area contributed by atoms with E-state index in [4.69, 9.17) is 5.73 Å². The van der Waals surface area contributed by atoms with Gasteiger partial charge in [0.15, 0.2) is 0 Å². The molecule has 0 aliphatic heterocycles. The molecule has 1 aliphatic rings. The van der Waals surface area contributed by atoms with Crippen molar-refractivity contribution in [3.63, 3.8) is 0 Å². The predicted molar refractivity (Wildman–Crippen MR) is 61.1 cm³/mol. The van der Waals surface area contributed by atoms with Crippen LogP contribution < -0.4 is 5.73 Å². The highest BCUT2D eigenvalue weighted by atomic mass is 14.6. The molecular weight excluding hydrogens is 170 g/mol. The molecule has 0 unspecified atom stereocenters. The fourth-order valence-electron chi connectivity index (χ4n) is 2.34.